The van der Waals surface area contributed by atoms with Gasteiger partial charge in [0.25, 0.3) is 5.91 Å². The Morgan fingerprint density at radius 1 is 1.20 bits per heavy atom. The van der Waals surface area contributed by atoms with Crippen LogP contribution in [0.3, 0.4) is 0 Å². The van der Waals surface area contributed by atoms with Crippen molar-refractivity contribution in [3.05, 3.63) is 70.3 Å². The first-order valence-corrected chi connectivity index (χ1v) is 6.65. The monoisotopic (exact) mass is 271 g/mol. The summed E-state index contributed by atoms with van der Waals surface area (Å²) in [4.78, 5) is 23.0. The smallest absolute Gasteiger partial charge is 0.335 e. The second-order valence-corrected chi connectivity index (χ2v) is 4.57. The third-order valence-electron chi connectivity index (χ3n) is 3.05. The first kappa shape index (κ1) is 14.1. The molecule has 0 aliphatic rings. The molecule has 0 aliphatic heterocycles. The lowest BCUT2D eigenvalue weighted by molar-refractivity contribution is 0.0932. The van der Waals surface area contributed by atoms with E-state index in [1.807, 2.05) is 30.3 Å². The minimum atomic E-state index is -0.463. The van der Waals surface area contributed by atoms with E-state index >= 15 is 0 Å². The Morgan fingerprint density at radius 2 is 1.95 bits per heavy atom. The second kappa shape index (κ2) is 6.70. The quantitative estimate of drug-likeness (QED) is 0.909. The van der Waals surface area contributed by atoms with Crippen LogP contribution in [0.2, 0.25) is 0 Å². The van der Waals surface area contributed by atoms with Crippen molar-refractivity contribution in [1.29, 1.82) is 0 Å². The number of hydrogen-bond donors (Lipinski definition) is 1. The summed E-state index contributed by atoms with van der Waals surface area (Å²) in [5, 5.41) is 2.97. The third-order valence-corrected chi connectivity index (χ3v) is 3.05. The fourth-order valence-electron chi connectivity index (χ4n) is 2.02. The lowest BCUT2D eigenvalue weighted by atomic mass is 10.0. The first-order valence-electron chi connectivity index (χ1n) is 6.65. The van der Waals surface area contributed by atoms with Crippen molar-refractivity contribution >= 4 is 5.91 Å². The average molecular weight is 271 g/mol. The fourth-order valence-corrected chi connectivity index (χ4v) is 2.02. The normalized spacial score (nSPS) is 11.8. The number of benzene rings is 1. The predicted octanol–water partition coefficient (Wildman–Crippen LogP) is 2.91. The van der Waals surface area contributed by atoms with E-state index < -0.39 is 5.63 Å². The van der Waals surface area contributed by atoms with Gasteiger partial charge in [-0.3, -0.25) is 4.79 Å². The molecule has 4 nitrogen and oxygen atoms in total. The molecule has 1 aromatic carbocycles. The summed E-state index contributed by atoms with van der Waals surface area (Å²) < 4.78 is 4.71. The largest absolute Gasteiger partial charge is 0.430 e. The molecule has 0 unspecified atom stereocenters. The van der Waals surface area contributed by atoms with Gasteiger partial charge in [-0.1, -0.05) is 43.7 Å². The van der Waals surface area contributed by atoms with Crippen LogP contribution in [0.25, 0.3) is 0 Å². The SMILES string of the molecule is CCC[C@H](NC(=O)c1ccc(=O)oc1)c1ccccc1. The zero-order valence-electron chi connectivity index (χ0n) is 11.3. The fraction of sp³-hybridized carbons (Fsp3) is 0.250. The van der Waals surface area contributed by atoms with Crippen LogP contribution in [0, 0.1) is 0 Å². The van der Waals surface area contributed by atoms with Gasteiger partial charge in [0.2, 0.25) is 0 Å². The van der Waals surface area contributed by atoms with E-state index in [4.69, 9.17) is 4.42 Å². The minimum Gasteiger partial charge on any atom is -0.430 e. The number of hydrogen-bond acceptors (Lipinski definition) is 3. The van der Waals surface area contributed by atoms with Gasteiger partial charge in [0.15, 0.2) is 0 Å². The Morgan fingerprint density at radius 3 is 2.55 bits per heavy atom. The Bertz CT molecular complexity index is 599. The number of amides is 1. The molecule has 0 radical (unpaired) electrons. The van der Waals surface area contributed by atoms with Gasteiger partial charge in [0, 0.05) is 6.07 Å². The molecule has 0 fully saturated rings. The van der Waals surface area contributed by atoms with Gasteiger partial charge in [-0.25, -0.2) is 4.79 Å². The Kier molecular flexibility index (Phi) is 4.71. The lowest BCUT2D eigenvalue weighted by Crippen LogP contribution is -2.28. The van der Waals surface area contributed by atoms with Gasteiger partial charge in [-0.2, -0.15) is 0 Å². The van der Waals surface area contributed by atoms with Crippen LogP contribution in [0.15, 0.2) is 57.9 Å². The van der Waals surface area contributed by atoms with Gasteiger partial charge < -0.3 is 9.73 Å². The van der Waals surface area contributed by atoms with Crippen molar-refractivity contribution in [2.75, 3.05) is 0 Å². The van der Waals surface area contributed by atoms with E-state index in [0.29, 0.717) is 5.56 Å². The van der Waals surface area contributed by atoms with Crippen molar-refractivity contribution in [2.24, 2.45) is 0 Å². The van der Waals surface area contributed by atoms with Crippen LogP contribution in [-0.4, -0.2) is 5.91 Å². The van der Waals surface area contributed by atoms with Crippen LogP contribution >= 0.6 is 0 Å². The molecule has 1 aromatic heterocycles. The third kappa shape index (κ3) is 3.57. The molecular weight excluding hydrogens is 254 g/mol. The lowest BCUT2D eigenvalue weighted by Gasteiger charge is -2.18. The van der Waals surface area contributed by atoms with Crippen molar-refractivity contribution in [3.63, 3.8) is 0 Å². The van der Waals surface area contributed by atoms with Crippen molar-refractivity contribution in [1.82, 2.24) is 5.32 Å². The molecule has 0 bridgehead atoms. The summed E-state index contributed by atoms with van der Waals surface area (Å²) in [7, 11) is 0. The topological polar surface area (TPSA) is 59.3 Å². The van der Waals surface area contributed by atoms with Crippen molar-refractivity contribution < 1.29 is 9.21 Å². The molecule has 1 amide bonds. The summed E-state index contributed by atoms with van der Waals surface area (Å²) in [6.07, 6.45) is 3.00. The highest BCUT2D eigenvalue weighted by Gasteiger charge is 2.15. The predicted molar refractivity (Wildman–Crippen MR) is 76.5 cm³/mol. The molecule has 1 N–H and O–H groups in total. The van der Waals surface area contributed by atoms with Crippen molar-refractivity contribution in [3.8, 4) is 0 Å². The molecule has 4 heteroatoms. The van der Waals surface area contributed by atoms with Crippen LogP contribution in [0.1, 0.15) is 41.7 Å². The maximum Gasteiger partial charge on any atom is 0.335 e. The summed E-state index contributed by atoms with van der Waals surface area (Å²) >= 11 is 0. The molecule has 0 saturated carbocycles. The number of rotatable bonds is 5. The highest BCUT2D eigenvalue weighted by Crippen LogP contribution is 2.18. The van der Waals surface area contributed by atoms with E-state index in [-0.39, 0.29) is 11.9 Å². The molecule has 2 aromatic rings. The summed E-state index contributed by atoms with van der Waals surface area (Å²) in [5.74, 6) is -0.240. The average Bonchev–Trinajstić information content (AvgIpc) is 2.48. The Hall–Kier alpha value is -2.36. The standard InChI is InChI=1S/C16H17NO3/c1-2-6-14(12-7-4-3-5-8-12)17-16(19)13-9-10-15(18)20-11-13/h3-5,7-11,14H,2,6H2,1H3,(H,17,19)/t14-/m0/s1. The maximum absolute atomic E-state index is 12.1. The molecule has 1 heterocycles. The molecule has 104 valence electrons. The van der Waals surface area contributed by atoms with Crippen LogP contribution in [-0.2, 0) is 0 Å². The second-order valence-electron chi connectivity index (χ2n) is 4.57. The van der Waals surface area contributed by atoms with Crippen LogP contribution in [0.5, 0.6) is 0 Å². The van der Waals surface area contributed by atoms with E-state index in [1.165, 1.54) is 18.4 Å². The van der Waals surface area contributed by atoms with E-state index in [2.05, 4.69) is 12.2 Å². The minimum absolute atomic E-state index is 0.0411. The number of nitrogens with one attached hydrogen (secondary N) is 1. The highest BCUT2D eigenvalue weighted by molar-refractivity contribution is 5.93. The summed E-state index contributed by atoms with van der Waals surface area (Å²) in [6, 6.07) is 12.5. The van der Waals surface area contributed by atoms with Gasteiger partial charge in [0.1, 0.15) is 6.26 Å². The van der Waals surface area contributed by atoms with Gasteiger partial charge in [-0.05, 0) is 18.1 Å². The molecule has 0 spiro atoms. The van der Waals surface area contributed by atoms with E-state index in [9.17, 15) is 9.59 Å². The number of carbonyl (C=O) groups is 1. The van der Waals surface area contributed by atoms with Crippen LogP contribution in [0.4, 0.5) is 0 Å². The summed E-state index contributed by atoms with van der Waals surface area (Å²) in [5.41, 5.74) is 0.955. The molecular formula is C16H17NO3. The van der Waals surface area contributed by atoms with E-state index in [1.54, 1.807) is 0 Å². The Balaban J connectivity index is 2.14. The van der Waals surface area contributed by atoms with Crippen LogP contribution < -0.4 is 10.9 Å². The van der Waals surface area contributed by atoms with Gasteiger partial charge in [-0.15, -0.1) is 0 Å². The van der Waals surface area contributed by atoms with E-state index in [0.717, 1.165) is 18.4 Å². The summed E-state index contributed by atoms with van der Waals surface area (Å²) in [6.45, 7) is 2.07. The molecule has 0 aliphatic carbocycles. The molecule has 2 rings (SSSR count). The number of carbonyl (C=O) groups excluding carboxylic acids is 1. The Labute approximate surface area is 117 Å². The highest BCUT2D eigenvalue weighted by atomic mass is 16.4. The van der Waals surface area contributed by atoms with Gasteiger partial charge >= 0.3 is 5.63 Å². The van der Waals surface area contributed by atoms with Crippen molar-refractivity contribution in [2.45, 2.75) is 25.8 Å². The zero-order chi connectivity index (χ0) is 14.4. The van der Waals surface area contributed by atoms with Gasteiger partial charge in [0.05, 0.1) is 11.6 Å². The first-order chi connectivity index (χ1) is 9.70. The zero-order valence-corrected chi connectivity index (χ0v) is 11.3. The molecule has 1 atom stereocenters. The molecule has 0 saturated heterocycles. The molecule has 20 heavy (non-hydrogen) atoms. The maximum atomic E-state index is 12.1.